The Morgan fingerprint density at radius 3 is 2.83 bits per heavy atom. The Labute approximate surface area is 140 Å². The maximum Gasteiger partial charge on any atom is 0.264 e. The van der Waals surface area contributed by atoms with Crippen molar-refractivity contribution in [2.75, 3.05) is 17.0 Å². The first-order chi connectivity index (χ1) is 11.0. The molecule has 0 saturated heterocycles. The number of thiophene rings is 1. The number of nitrogens with zero attached hydrogens (tertiary/aromatic N) is 1. The van der Waals surface area contributed by atoms with Crippen LogP contribution in [0.3, 0.4) is 0 Å². The summed E-state index contributed by atoms with van der Waals surface area (Å²) in [5, 5.41) is 1.89. The highest BCUT2D eigenvalue weighted by atomic mass is 32.2. The summed E-state index contributed by atoms with van der Waals surface area (Å²) in [6.45, 7) is 2.79. The molecule has 7 heteroatoms. The van der Waals surface area contributed by atoms with E-state index in [2.05, 4.69) is 4.72 Å². The van der Waals surface area contributed by atoms with Crippen LogP contribution < -0.4 is 4.72 Å². The number of nitrogens with one attached hydrogen (secondary N) is 1. The summed E-state index contributed by atoms with van der Waals surface area (Å²) < 4.78 is 25.9. The number of anilines is 1. The molecule has 1 aliphatic heterocycles. The molecule has 5 nitrogen and oxygen atoms in total. The minimum absolute atomic E-state index is 0.0326. The third kappa shape index (κ3) is 3.56. The minimum Gasteiger partial charge on any atom is -0.333 e. The molecule has 23 heavy (non-hydrogen) atoms. The average Bonchev–Trinajstić information content (AvgIpc) is 3.07. The van der Waals surface area contributed by atoms with Crippen molar-refractivity contribution in [3.8, 4) is 0 Å². The fraction of sp³-hybridized carbons (Fsp3) is 0.312. The Morgan fingerprint density at radius 1 is 1.30 bits per heavy atom. The number of hydrogen-bond donors (Lipinski definition) is 1. The van der Waals surface area contributed by atoms with E-state index in [0.29, 0.717) is 18.8 Å². The molecule has 0 spiro atoms. The van der Waals surface area contributed by atoms with Crippen LogP contribution in [-0.4, -0.2) is 31.5 Å². The van der Waals surface area contributed by atoms with Crippen LogP contribution in [0, 0.1) is 0 Å². The molecule has 1 aromatic heterocycles. The molecule has 122 valence electrons. The van der Waals surface area contributed by atoms with E-state index in [1.54, 1.807) is 13.0 Å². The van der Waals surface area contributed by atoms with Gasteiger partial charge in [0.2, 0.25) is 10.0 Å². The van der Waals surface area contributed by atoms with Crippen LogP contribution in [0.15, 0.2) is 35.7 Å². The summed E-state index contributed by atoms with van der Waals surface area (Å²) in [7, 11) is -3.29. The fourth-order valence-electron chi connectivity index (χ4n) is 2.60. The normalized spacial score (nSPS) is 14.4. The third-order valence-electron chi connectivity index (χ3n) is 3.89. The molecule has 0 saturated carbocycles. The zero-order chi connectivity index (χ0) is 16.4. The molecule has 1 N–H and O–H groups in total. The van der Waals surface area contributed by atoms with Crippen LogP contribution in [-0.2, 0) is 23.0 Å². The molecule has 1 amide bonds. The summed E-state index contributed by atoms with van der Waals surface area (Å²) in [6, 6.07) is 9.25. The molecule has 0 bridgehead atoms. The number of hydrogen-bond acceptors (Lipinski definition) is 4. The van der Waals surface area contributed by atoms with Gasteiger partial charge in [0.05, 0.1) is 10.6 Å². The molecule has 2 aromatic rings. The second kappa shape index (κ2) is 6.33. The van der Waals surface area contributed by atoms with E-state index in [0.717, 1.165) is 16.9 Å². The molecule has 0 aliphatic carbocycles. The van der Waals surface area contributed by atoms with Crippen molar-refractivity contribution in [2.24, 2.45) is 0 Å². The van der Waals surface area contributed by atoms with E-state index < -0.39 is 10.0 Å². The molecule has 0 atom stereocenters. The molecule has 0 unspecified atom stereocenters. The van der Waals surface area contributed by atoms with Crippen molar-refractivity contribution in [1.82, 2.24) is 4.90 Å². The van der Waals surface area contributed by atoms with E-state index >= 15 is 0 Å². The van der Waals surface area contributed by atoms with Crippen LogP contribution >= 0.6 is 11.3 Å². The quantitative estimate of drug-likeness (QED) is 0.922. The van der Waals surface area contributed by atoms with Gasteiger partial charge in [0.15, 0.2) is 0 Å². The van der Waals surface area contributed by atoms with Crippen LogP contribution in [0.4, 0.5) is 5.69 Å². The summed E-state index contributed by atoms with van der Waals surface area (Å²) >= 11 is 1.44. The fourth-order valence-corrected chi connectivity index (χ4v) is 3.92. The molecule has 2 heterocycles. The number of benzene rings is 1. The van der Waals surface area contributed by atoms with Crippen LogP contribution in [0.1, 0.15) is 27.7 Å². The molecular weight excluding hydrogens is 332 g/mol. The summed E-state index contributed by atoms with van der Waals surface area (Å²) in [5.74, 6) is 0.0674. The predicted molar refractivity (Wildman–Crippen MR) is 92.3 cm³/mol. The largest absolute Gasteiger partial charge is 0.333 e. The molecule has 3 rings (SSSR count). The maximum absolute atomic E-state index is 12.5. The van der Waals surface area contributed by atoms with Gasteiger partial charge in [0, 0.05) is 18.8 Å². The lowest BCUT2D eigenvalue weighted by Gasteiger charge is -2.29. The van der Waals surface area contributed by atoms with Gasteiger partial charge in [0.1, 0.15) is 0 Å². The Balaban J connectivity index is 1.80. The van der Waals surface area contributed by atoms with E-state index in [9.17, 15) is 13.2 Å². The number of fused-ring (bicyclic) bond motifs is 1. The number of sulfonamides is 1. The van der Waals surface area contributed by atoms with E-state index in [4.69, 9.17) is 0 Å². The molecule has 0 radical (unpaired) electrons. The van der Waals surface area contributed by atoms with E-state index in [-0.39, 0.29) is 11.7 Å². The Bertz CT molecular complexity index is 814. The average molecular weight is 350 g/mol. The third-order valence-corrected chi connectivity index (χ3v) is 6.06. The Hall–Kier alpha value is -1.86. The molecule has 1 aliphatic rings. The summed E-state index contributed by atoms with van der Waals surface area (Å²) in [5.41, 5.74) is 2.72. The number of carbonyl (C=O) groups excluding carboxylic acids is 1. The topological polar surface area (TPSA) is 66.5 Å². The van der Waals surface area contributed by atoms with Crippen LogP contribution in [0.2, 0.25) is 0 Å². The number of amides is 1. The first-order valence-electron chi connectivity index (χ1n) is 7.43. The van der Waals surface area contributed by atoms with Gasteiger partial charge in [-0.2, -0.15) is 0 Å². The van der Waals surface area contributed by atoms with Crippen molar-refractivity contribution >= 4 is 33.0 Å². The van der Waals surface area contributed by atoms with Gasteiger partial charge in [-0.15, -0.1) is 11.3 Å². The van der Waals surface area contributed by atoms with Gasteiger partial charge >= 0.3 is 0 Å². The van der Waals surface area contributed by atoms with Crippen molar-refractivity contribution in [1.29, 1.82) is 0 Å². The molecular formula is C16H18N2O3S2. The van der Waals surface area contributed by atoms with Crippen molar-refractivity contribution in [3.63, 3.8) is 0 Å². The standard InChI is InChI=1S/C16H18N2O3S2/c1-2-23(20,21)17-14-6-5-12-7-8-18(11-13(12)10-14)16(19)15-4-3-9-22-15/h3-6,9-10,17H,2,7-8,11H2,1H3. The van der Waals surface area contributed by atoms with Crippen LogP contribution in [0.25, 0.3) is 0 Å². The Kier molecular flexibility index (Phi) is 4.41. The minimum atomic E-state index is -3.29. The molecule has 1 aromatic carbocycles. The van der Waals surface area contributed by atoms with E-state index in [1.165, 1.54) is 16.9 Å². The number of rotatable bonds is 4. The lowest BCUT2D eigenvalue weighted by atomic mass is 9.99. The zero-order valence-corrected chi connectivity index (χ0v) is 14.4. The highest BCUT2D eigenvalue weighted by Crippen LogP contribution is 2.25. The highest BCUT2D eigenvalue weighted by molar-refractivity contribution is 7.92. The smallest absolute Gasteiger partial charge is 0.264 e. The lowest BCUT2D eigenvalue weighted by molar-refractivity contribution is 0.0739. The first-order valence-corrected chi connectivity index (χ1v) is 9.97. The number of carbonyl (C=O) groups is 1. The van der Waals surface area contributed by atoms with Gasteiger partial charge < -0.3 is 4.90 Å². The SMILES string of the molecule is CCS(=O)(=O)Nc1ccc2c(c1)CN(C(=O)c1cccs1)CC2. The predicted octanol–water partition coefficient (Wildman–Crippen LogP) is 2.71. The van der Waals surface area contributed by atoms with Gasteiger partial charge in [0.25, 0.3) is 5.91 Å². The zero-order valence-electron chi connectivity index (χ0n) is 12.8. The first kappa shape index (κ1) is 16.0. The van der Waals surface area contributed by atoms with Crippen molar-refractivity contribution in [3.05, 3.63) is 51.7 Å². The summed E-state index contributed by atoms with van der Waals surface area (Å²) in [6.07, 6.45) is 0.785. The van der Waals surface area contributed by atoms with Gasteiger partial charge in [-0.05, 0) is 48.1 Å². The van der Waals surface area contributed by atoms with Gasteiger partial charge in [-0.25, -0.2) is 8.42 Å². The van der Waals surface area contributed by atoms with E-state index in [1.807, 2.05) is 34.5 Å². The van der Waals surface area contributed by atoms with Gasteiger partial charge in [-0.3, -0.25) is 9.52 Å². The highest BCUT2D eigenvalue weighted by Gasteiger charge is 2.22. The second-order valence-corrected chi connectivity index (χ2v) is 8.40. The molecule has 0 fully saturated rings. The maximum atomic E-state index is 12.5. The van der Waals surface area contributed by atoms with Gasteiger partial charge in [-0.1, -0.05) is 12.1 Å². The van der Waals surface area contributed by atoms with Crippen LogP contribution in [0.5, 0.6) is 0 Å². The van der Waals surface area contributed by atoms with Crippen molar-refractivity contribution < 1.29 is 13.2 Å². The second-order valence-electron chi connectivity index (χ2n) is 5.44. The monoisotopic (exact) mass is 350 g/mol. The Morgan fingerprint density at radius 2 is 2.13 bits per heavy atom. The summed E-state index contributed by atoms with van der Waals surface area (Å²) in [4.78, 5) is 15.0. The van der Waals surface area contributed by atoms with Crippen molar-refractivity contribution in [2.45, 2.75) is 19.9 Å². The lowest BCUT2D eigenvalue weighted by Crippen LogP contribution is -2.35.